The minimum Gasteiger partial charge on any atom is -0.381 e. The highest BCUT2D eigenvalue weighted by Gasteiger charge is 2.27. The van der Waals surface area contributed by atoms with Crippen LogP contribution in [-0.2, 0) is 9.53 Å². The van der Waals surface area contributed by atoms with Gasteiger partial charge in [0.2, 0.25) is 5.91 Å². The van der Waals surface area contributed by atoms with Crippen LogP contribution >= 0.6 is 0 Å². The van der Waals surface area contributed by atoms with Gasteiger partial charge in [0.25, 0.3) is 0 Å². The van der Waals surface area contributed by atoms with E-state index in [1.165, 1.54) is 12.8 Å². The first-order chi connectivity index (χ1) is 7.96. The Morgan fingerprint density at radius 2 is 2.18 bits per heavy atom. The number of rotatable bonds is 10. The molecular formula is C13H28N2O2. The first-order valence-corrected chi connectivity index (χ1v) is 6.52. The SMILES string of the molecule is CCCC(C)COCCCC(C)(NC)C(N)=O. The molecule has 0 saturated carbocycles. The van der Waals surface area contributed by atoms with Gasteiger partial charge >= 0.3 is 0 Å². The van der Waals surface area contributed by atoms with E-state index in [0.29, 0.717) is 18.9 Å². The molecule has 3 N–H and O–H groups in total. The van der Waals surface area contributed by atoms with Crippen molar-refractivity contribution in [3.05, 3.63) is 0 Å². The summed E-state index contributed by atoms with van der Waals surface area (Å²) in [7, 11) is 1.76. The summed E-state index contributed by atoms with van der Waals surface area (Å²) in [5.74, 6) is 0.311. The minimum absolute atomic E-state index is 0.306. The Kier molecular flexibility index (Phi) is 8.17. The molecule has 0 bridgehead atoms. The van der Waals surface area contributed by atoms with Gasteiger partial charge in [-0.25, -0.2) is 0 Å². The predicted molar refractivity (Wildman–Crippen MR) is 70.8 cm³/mol. The molecule has 0 aromatic rings. The molecule has 0 aliphatic rings. The predicted octanol–water partition coefficient (Wildman–Crippen LogP) is 1.68. The highest BCUT2D eigenvalue weighted by molar-refractivity contribution is 5.84. The molecule has 2 atom stereocenters. The van der Waals surface area contributed by atoms with Gasteiger partial charge in [0.05, 0.1) is 5.54 Å². The Morgan fingerprint density at radius 1 is 1.53 bits per heavy atom. The van der Waals surface area contributed by atoms with Crippen molar-refractivity contribution in [2.75, 3.05) is 20.3 Å². The first kappa shape index (κ1) is 16.4. The van der Waals surface area contributed by atoms with Crippen molar-refractivity contribution >= 4 is 5.91 Å². The van der Waals surface area contributed by atoms with E-state index < -0.39 is 5.54 Å². The van der Waals surface area contributed by atoms with Gasteiger partial charge in [0.1, 0.15) is 0 Å². The van der Waals surface area contributed by atoms with E-state index in [-0.39, 0.29) is 5.91 Å². The maximum Gasteiger partial charge on any atom is 0.237 e. The van der Waals surface area contributed by atoms with Crippen LogP contribution in [0.3, 0.4) is 0 Å². The average Bonchev–Trinajstić information content (AvgIpc) is 2.28. The van der Waals surface area contributed by atoms with Crippen LogP contribution < -0.4 is 11.1 Å². The molecule has 0 saturated heterocycles. The summed E-state index contributed by atoms with van der Waals surface area (Å²) in [6.45, 7) is 7.71. The van der Waals surface area contributed by atoms with Gasteiger partial charge in [0.15, 0.2) is 0 Å². The van der Waals surface area contributed by atoms with E-state index >= 15 is 0 Å². The summed E-state index contributed by atoms with van der Waals surface area (Å²) < 4.78 is 5.59. The lowest BCUT2D eigenvalue weighted by Gasteiger charge is -2.25. The van der Waals surface area contributed by atoms with E-state index in [0.717, 1.165) is 13.0 Å². The van der Waals surface area contributed by atoms with Crippen LogP contribution in [-0.4, -0.2) is 31.7 Å². The molecule has 4 heteroatoms. The van der Waals surface area contributed by atoms with Crippen molar-refractivity contribution in [3.8, 4) is 0 Å². The monoisotopic (exact) mass is 244 g/mol. The lowest BCUT2D eigenvalue weighted by Crippen LogP contribution is -2.51. The van der Waals surface area contributed by atoms with Gasteiger partial charge < -0.3 is 15.8 Å². The fraction of sp³-hybridized carbons (Fsp3) is 0.923. The fourth-order valence-electron chi connectivity index (χ4n) is 1.76. The topological polar surface area (TPSA) is 64.3 Å². The van der Waals surface area contributed by atoms with Crippen molar-refractivity contribution in [2.24, 2.45) is 11.7 Å². The van der Waals surface area contributed by atoms with Crippen LogP contribution in [0.2, 0.25) is 0 Å². The van der Waals surface area contributed by atoms with Gasteiger partial charge in [-0.05, 0) is 39.2 Å². The van der Waals surface area contributed by atoms with Crippen LogP contribution in [0.15, 0.2) is 0 Å². The first-order valence-electron chi connectivity index (χ1n) is 6.52. The molecule has 0 aliphatic carbocycles. The second-order valence-corrected chi connectivity index (χ2v) is 5.02. The number of likely N-dealkylation sites (N-methyl/N-ethyl adjacent to an activating group) is 1. The van der Waals surface area contributed by atoms with Crippen LogP contribution in [0.5, 0.6) is 0 Å². The molecule has 0 heterocycles. The third-order valence-electron chi connectivity index (χ3n) is 3.24. The molecule has 0 aromatic heterocycles. The number of primary amides is 1. The molecule has 0 spiro atoms. The maximum absolute atomic E-state index is 11.2. The third kappa shape index (κ3) is 6.64. The Bertz CT molecular complexity index is 221. The third-order valence-corrected chi connectivity index (χ3v) is 3.24. The number of amides is 1. The van der Waals surface area contributed by atoms with Crippen molar-refractivity contribution in [1.82, 2.24) is 5.32 Å². The molecule has 4 nitrogen and oxygen atoms in total. The van der Waals surface area contributed by atoms with Crippen LogP contribution in [0.25, 0.3) is 0 Å². The molecule has 0 fully saturated rings. The number of carbonyl (C=O) groups excluding carboxylic acids is 1. The fourth-order valence-corrected chi connectivity index (χ4v) is 1.76. The summed E-state index contributed by atoms with van der Waals surface area (Å²) >= 11 is 0. The standard InChI is InChI=1S/C13H28N2O2/c1-5-7-11(2)10-17-9-6-8-13(3,15-4)12(14)16/h11,15H,5-10H2,1-4H3,(H2,14,16). The molecule has 102 valence electrons. The smallest absolute Gasteiger partial charge is 0.237 e. The van der Waals surface area contributed by atoms with Gasteiger partial charge in [-0.1, -0.05) is 20.3 Å². The van der Waals surface area contributed by atoms with Crippen molar-refractivity contribution in [3.63, 3.8) is 0 Å². The summed E-state index contributed by atoms with van der Waals surface area (Å²) in [6.07, 6.45) is 3.96. The van der Waals surface area contributed by atoms with Crippen LogP contribution in [0.1, 0.15) is 46.5 Å². The molecule has 2 unspecified atom stereocenters. The summed E-state index contributed by atoms with van der Waals surface area (Å²) in [5.41, 5.74) is 4.73. The second-order valence-electron chi connectivity index (χ2n) is 5.02. The Balaban J connectivity index is 3.66. The Labute approximate surface area is 105 Å². The Morgan fingerprint density at radius 3 is 2.65 bits per heavy atom. The summed E-state index contributed by atoms with van der Waals surface area (Å²) in [6, 6.07) is 0. The van der Waals surface area contributed by atoms with E-state index in [4.69, 9.17) is 10.5 Å². The highest BCUT2D eigenvalue weighted by Crippen LogP contribution is 2.12. The van der Waals surface area contributed by atoms with E-state index in [1.807, 2.05) is 6.92 Å². The van der Waals surface area contributed by atoms with Crippen molar-refractivity contribution in [1.29, 1.82) is 0 Å². The highest BCUT2D eigenvalue weighted by atomic mass is 16.5. The molecule has 0 aromatic carbocycles. The number of nitrogens with two attached hydrogens (primary N) is 1. The molecular weight excluding hydrogens is 216 g/mol. The second kappa shape index (κ2) is 8.48. The Hall–Kier alpha value is -0.610. The van der Waals surface area contributed by atoms with Gasteiger partial charge in [-0.3, -0.25) is 4.79 Å². The van der Waals surface area contributed by atoms with Crippen LogP contribution in [0, 0.1) is 5.92 Å². The van der Waals surface area contributed by atoms with Crippen molar-refractivity contribution in [2.45, 2.75) is 52.0 Å². The number of hydrogen-bond acceptors (Lipinski definition) is 3. The number of carbonyl (C=O) groups is 1. The molecule has 0 radical (unpaired) electrons. The van der Waals surface area contributed by atoms with E-state index in [9.17, 15) is 4.79 Å². The number of hydrogen-bond donors (Lipinski definition) is 2. The summed E-state index contributed by atoms with van der Waals surface area (Å²) in [4.78, 5) is 11.2. The van der Waals surface area contributed by atoms with Gasteiger partial charge in [0, 0.05) is 13.2 Å². The zero-order valence-electron chi connectivity index (χ0n) is 11.7. The number of ether oxygens (including phenoxy) is 1. The maximum atomic E-state index is 11.2. The average molecular weight is 244 g/mol. The molecule has 0 aliphatic heterocycles. The zero-order valence-corrected chi connectivity index (χ0v) is 11.7. The van der Waals surface area contributed by atoms with E-state index in [1.54, 1.807) is 7.05 Å². The van der Waals surface area contributed by atoms with Crippen LogP contribution in [0.4, 0.5) is 0 Å². The van der Waals surface area contributed by atoms with Crippen molar-refractivity contribution < 1.29 is 9.53 Å². The molecule has 17 heavy (non-hydrogen) atoms. The summed E-state index contributed by atoms with van der Waals surface area (Å²) in [5, 5.41) is 2.97. The number of nitrogens with one attached hydrogen (secondary N) is 1. The minimum atomic E-state index is -0.613. The molecule has 0 rings (SSSR count). The largest absolute Gasteiger partial charge is 0.381 e. The quantitative estimate of drug-likeness (QED) is 0.575. The van der Waals surface area contributed by atoms with E-state index in [2.05, 4.69) is 19.2 Å². The lowest BCUT2D eigenvalue weighted by atomic mass is 9.95. The van der Waals surface area contributed by atoms with Gasteiger partial charge in [-0.15, -0.1) is 0 Å². The normalized spacial score (nSPS) is 16.5. The molecule has 1 amide bonds. The lowest BCUT2D eigenvalue weighted by molar-refractivity contribution is -0.124. The van der Waals surface area contributed by atoms with Gasteiger partial charge in [-0.2, -0.15) is 0 Å². The zero-order chi connectivity index (χ0) is 13.3.